The Bertz CT molecular complexity index is 918. The van der Waals surface area contributed by atoms with Gasteiger partial charge in [0.05, 0.1) is 5.52 Å². The third kappa shape index (κ3) is 3.46. The first-order valence-corrected chi connectivity index (χ1v) is 9.29. The van der Waals surface area contributed by atoms with Gasteiger partial charge >= 0.3 is 0 Å². The van der Waals surface area contributed by atoms with Gasteiger partial charge in [-0.25, -0.2) is 4.98 Å². The number of hydrogen-bond donors (Lipinski definition) is 1. The summed E-state index contributed by atoms with van der Waals surface area (Å²) in [7, 11) is 1.87. The summed E-state index contributed by atoms with van der Waals surface area (Å²) in [6.45, 7) is 0. The monoisotopic (exact) mass is 354 g/mol. The third-order valence-electron chi connectivity index (χ3n) is 4.06. The van der Waals surface area contributed by atoms with E-state index in [1.54, 1.807) is 23.0 Å². The summed E-state index contributed by atoms with van der Waals surface area (Å²) in [4.78, 5) is 16.9. The Balaban J connectivity index is 1.55. The number of pyridine rings is 1. The van der Waals surface area contributed by atoms with Crippen LogP contribution in [0, 0.1) is 0 Å². The number of benzene rings is 1. The number of hydrogen-bond acceptors (Lipinski definition) is 5. The molecule has 0 spiro atoms. The summed E-state index contributed by atoms with van der Waals surface area (Å²) in [5, 5.41) is 8.31. The number of nitrogens with zero attached hydrogens (tertiary/aromatic N) is 3. The van der Waals surface area contributed by atoms with Crippen molar-refractivity contribution in [3.63, 3.8) is 0 Å². The molecule has 25 heavy (non-hydrogen) atoms. The van der Waals surface area contributed by atoms with Gasteiger partial charge in [-0.15, -0.1) is 0 Å². The van der Waals surface area contributed by atoms with Crippen LogP contribution in [0.15, 0.2) is 42.7 Å². The van der Waals surface area contributed by atoms with Crippen molar-refractivity contribution in [2.45, 2.75) is 12.5 Å². The average molecular weight is 354 g/mol. The van der Waals surface area contributed by atoms with Crippen LogP contribution in [0.3, 0.4) is 0 Å². The first-order chi connectivity index (χ1) is 12.2. The van der Waals surface area contributed by atoms with E-state index in [1.807, 2.05) is 43.2 Å². The van der Waals surface area contributed by atoms with E-state index < -0.39 is 0 Å². The zero-order valence-electron chi connectivity index (χ0n) is 13.8. The molecular formula is C18H18N4O2S. The zero-order valence-corrected chi connectivity index (χ0v) is 14.6. The molecule has 0 bridgehead atoms. The van der Waals surface area contributed by atoms with Gasteiger partial charge < -0.3 is 10.1 Å². The highest BCUT2D eigenvalue weighted by atomic mass is 32.2. The molecule has 3 aromatic rings. The molecule has 7 heteroatoms. The van der Waals surface area contributed by atoms with Crippen LogP contribution in [0.25, 0.3) is 10.9 Å². The van der Waals surface area contributed by atoms with Gasteiger partial charge in [-0.1, -0.05) is 0 Å². The summed E-state index contributed by atoms with van der Waals surface area (Å²) >= 11 is 1.86. The molecule has 0 radical (unpaired) electrons. The van der Waals surface area contributed by atoms with E-state index in [9.17, 15) is 4.79 Å². The predicted octanol–water partition coefficient (Wildman–Crippen LogP) is 3.10. The number of aryl methyl sites for hydroxylation is 1. The lowest BCUT2D eigenvalue weighted by molar-refractivity contribution is 0.101. The second-order valence-corrected chi connectivity index (χ2v) is 7.14. The number of aromatic nitrogens is 3. The van der Waals surface area contributed by atoms with E-state index in [0.717, 1.165) is 28.8 Å². The van der Waals surface area contributed by atoms with Crippen molar-refractivity contribution in [3.8, 4) is 5.88 Å². The number of ether oxygens (including phenoxy) is 1. The van der Waals surface area contributed by atoms with Crippen LogP contribution in [0.5, 0.6) is 5.88 Å². The molecule has 1 N–H and O–H groups in total. The summed E-state index contributed by atoms with van der Waals surface area (Å²) in [5.41, 5.74) is 1.98. The van der Waals surface area contributed by atoms with Gasteiger partial charge in [0.15, 0.2) is 0 Å². The van der Waals surface area contributed by atoms with Gasteiger partial charge in [0.1, 0.15) is 11.7 Å². The lowest BCUT2D eigenvalue weighted by atomic mass is 10.2. The molecular weight excluding hydrogens is 336 g/mol. The number of anilines is 1. The van der Waals surface area contributed by atoms with E-state index in [0.29, 0.717) is 17.1 Å². The number of fused-ring (bicyclic) bond motifs is 1. The van der Waals surface area contributed by atoms with Crippen LogP contribution in [0.1, 0.15) is 16.8 Å². The molecule has 1 unspecified atom stereocenters. The molecule has 128 valence electrons. The van der Waals surface area contributed by atoms with E-state index in [1.165, 1.54) is 0 Å². The number of carbonyl (C=O) groups is 1. The van der Waals surface area contributed by atoms with E-state index in [-0.39, 0.29) is 12.0 Å². The average Bonchev–Trinajstić information content (AvgIpc) is 3.23. The SMILES string of the molecule is Cn1cc2ccc(NC(=O)c3cccnc3OC3CCSC3)cc2n1. The molecule has 6 nitrogen and oxygen atoms in total. The van der Waals surface area contributed by atoms with E-state index in [4.69, 9.17) is 4.74 Å². The maximum Gasteiger partial charge on any atom is 0.261 e. The fourth-order valence-corrected chi connectivity index (χ4v) is 3.93. The van der Waals surface area contributed by atoms with Crippen LogP contribution < -0.4 is 10.1 Å². The molecule has 0 aliphatic carbocycles. The summed E-state index contributed by atoms with van der Waals surface area (Å²) < 4.78 is 7.68. The first-order valence-electron chi connectivity index (χ1n) is 8.13. The second kappa shape index (κ2) is 6.76. The Morgan fingerprint density at radius 3 is 3.16 bits per heavy atom. The molecule has 1 aromatic carbocycles. The van der Waals surface area contributed by atoms with Crippen LogP contribution in [-0.4, -0.2) is 38.3 Å². The molecule has 3 heterocycles. The topological polar surface area (TPSA) is 69.0 Å². The Labute approximate surface area is 149 Å². The maximum atomic E-state index is 12.7. The normalized spacial score (nSPS) is 16.9. The van der Waals surface area contributed by atoms with Crippen molar-refractivity contribution in [2.75, 3.05) is 16.8 Å². The second-order valence-electron chi connectivity index (χ2n) is 5.99. The number of carbonyl (C=O) groups excluding carboxylic acids is 1. The lowest BCUT2D eigenvalue weighted by Gasteiger charge is -2.14. The highest BCUT2D eigenvalue weighted by Gasteiger charge is 2.21. The quantitative estimate of drug-likeness (QED) is 0.780. The Morgan fingerprint density at radius 1 is 1.40 bits per heavy atom. The van der Waals surface area contributed by atoms with Crippen molar-refractivity contribution in [1.29, 1.82) is 0 Å². The lowest BCUT2D eigenvalue weighted by Crippen LogP contribution is -2.20. The Kier molecular flexibility index (Phi) is 4.31. The summed E-state index contributed by atoms with van der Waals surface area (Å²) in [6.07, 6.45) is 4.69. The van der Waals surface area contributed by atoms with Gasteiger partial charge in [-0.3, -0.25) is 9.48 Å². The molecule has 4 rings (SSSR count). The van der Waals surface area contributed by atoms with Crippen LogP contribution >= 0.6 is 11.8 Å². The molecule has 2 aromatic heterocycles. The fraction of sp³-hybridized carbons (Fsp3) is 0.278. The zero-order chi connectivity index (χ0) is 17.2. The molecule has 1 aliphatic heterocycles. The molecule has 1 aliphatic rings. The number of thioether (sulfide) groups is 1. The molecule has 1 amide bonds. The first kappa shape index (κ1) is 16.0. The van der Waals surface area contributed by atoms with Crippen LogP contribution in [0.4, 0.5) is 5.69 Å². The van der Waals surface area contributed by atoms with Crippen LogP contribution in [0.2, 0.25) is 0 Å². The smallest absolute Gasteiger partial charge is 0.261 e. The minimum Gasteiger partial charge on any atom is -0.473 e. The van der Waals surface area contributed by atoms with Gasteiger partial charge in [-0.05, 0) is 42.5 Å². The van der Waals surface area contributed by atoms with Crippen molar-refractivity contribution in [3.05, 3.63) is 48.3 Å². The van der Waals surface area contributed by atoms with Gasteiger partial charge in [0.2, 0.25) is 5.88 Å². The third-order valence-corrected chi connectivity index (χ3v) is 5.19. The van der Waals surface area contributed by atoms with Gasteiger partial charge in [0, 0.05) is 36.3 Å². The van der Waals surface area contributed by atoms with Crippen molar-refractivity contribution >= 4 is 34.3 Å². The van der Waals surface area contributed by atoms with Gasteiger partial charge in [0.25, 0.3) is 5.91 Å². The van der Waals surface area contributed by atoms with Crippen molar-refractivity contribution in [2.24, 2.45) is 7.05 Å². The minimum atomic E-state index is -0.232. The maximum absolute atomic E-state index is 12.7. The number of rotatable bonds is 4. The number of amides is 1. The van der Waals surface area contributed by atoms with Crippen molar-refractivity contribution in [1.82, 2.24) is 14.8 Å². The molecule has 1 fully saturated rings. The van der Waals surface area contributed by atoms with Crippen LogP contribution in [-0.2, 0) is 7.05 Å². The fourth-order valence-electron chi connectivity index (χ4n) is 2.84. The highest BCUT2D eigenvalue weighted by molar-refractivity contribution is 7.99. The standard InChI is InChI=1S/C18H18N4O2S/c1-22-10-12-4-5-13(9-16(12)21-22)20-17(23)15-3-2-7-19-18(15)24-14-6-8-25-11-14/h2-5,7,9-10,14H,6,8,11H2,1H3,(H,20,23). The van der Waals surface area contributed by atoms with Crippen molar-refractivity contribution < 1.29 is 9.53 Å². The molecule has 1 atom stereocenters. The van der Waals surface area contributed by atoms with E-state index in [2.05, 4.69) is 15.4 Å². The Hall–Kier alpha value is -2.54. The molecule has 1 saturated heterocycles. The molecule has 0 saturated carbocycles. The van der Waals surface area contributed by atoms with Gasteiger partial charge in [-0.2, -0.15) is 16.9 Å². The largest absolute Gasteiger partial charge is 0.473 e. The summed E-state index contributed by atoms with van der Waals surface area (Å²) in [5.74, 6) is 2.19. The Morgan fingerprint density at radius 2 is 2.32 bits per heavy atom. The minimum absolute atomic E-state index is 0.122. The summed E-state index contributed by atoms with van der Waals surface area (Å²) in [6, 6.07) is 9.14. The number of nitrogens with one attached hydrogen (secondary N) is 1. The van der Waals surface area contributed by atoms with E-state index >= 15 is 0 Å². The highest BCUT2D eigenvalue weighted by Crippen LogP contribution is 2.25. The predicted molar refractivity (Wildman–Crippen MR) is 99.3 cm³/mol.